The van der Waals surface area contributed by atoms with Gasteiger partial charge in [0.15, 0.2) is 6.04 Å². The zero-order chi connectivity index (χ0) is 18.5. The van der Waals surface area contributed by atoms with Gasteiger partial charge in [-0.15, -0.1) is 0 Å². The summed E-state index contributed by atoms with van der Waals surface area (Å²) in [4.78, 5) is 23.2. The highest BCUT2D eigenvalue weighted by atomic mass is 16.6. The van der Waals surface area contributed by atoms with E-state index in [9.17, 15) is 19.8 Å². The minimum absolute atomic E-state index is 0.422. The van der Waals surface area contributed by atoms with Crippen molar-refractivity contribution in [2.75, 3.05) is 0 Å². The first kappa shape index (κ1) is 20.0. The third-order valence-corrected chi connectivity index (χ3v) is 3.22. The van der Waals surface area contributed by atoms with E-state index in [4.69, 9.17) is 4.74 Å². The lowest BCUT2D eigenvalue weighted by atomic mass is 9.97. The third kappa shape index (κ3) is 6.58. The maximum Gasteiger partial charge on any atom is 0.408 e. The Labute approximate surface area is 142 Å². The number of carbonyl (C=O) groups is 2. The highest BCUT2D eigenvalue weighted by molar-refractivity contribution is 5.80. The van der Waals surface area contributed by atoms with E-state index >= 15 is 0 Å². The number of aliphatic carboxylic acids is 1. The molecule has 0 radical (unpaired) electrons. The van der Waals surface area contributed by atoms with Gasteiger partial charge in [-0.05, 0) is 44.2 Å². The molecule has 3 N–H and O–H groups in total. The molecule has 0 aliphatic rings. The van der Waals surface area contributed by atoms with Crippen LogP contribution in [0.2, 0.25) is 0 Å². The maximum absolute atomic E-state index is 11.8. The Bertz CT molecular complexity index is 560. The molecule has 0 saturated heterocycles. The van der Waals surface area contributed by atoms with Crippen molar-refractivity contribution < 1.29 is 24.5 Å². The largest absolute Gasteiger partial charge is 0.480 e. The molecular weight excluding hydrogens is 310 g/mol. The van der Waals surface area contributed by atoms with Gasteiger partial charge in [0.25, 0.3) is 0 Å². The third-order valence-electron chi connectivity index (χ3n) is 3.22. The lowest BCUT2D eigenvalue weighted by Gasteiger charge is -2.24. The van der Waals surface area contributed by atoms with E-state index in [1.807, 2.05) is 12.1 Å². The molecule has 6 heteroatoms. The van der Waals surface area contributed by atoms with Crippen LogP contribution in [0.5, 0.6) is 0 Å². The molecule has 0 aliphatic carbocycles. The van der Waals surface area contributed by atoms with E-state index < -0.39 is 29.8 Å². The van der Waals surface area contributed by atoms with E-state index in [2.05, 4.69) is 19.2 Å². The Balaban J connectivity index is 2.84. The van der Waals surface area contributed by atoms with Crippen molar-refractivity contribution in [2.45, 2.75) is 58.8 Å². The van der Waals surface area contributed by atoms with E-state index in [1.54, 1.807) is 32.9 Å². The Morgan fingerprint density at radius 3 is 2.12 bits per heavy atom. The van der Waals surface area contributed by atoms with Gasteiger partial charge in [0.05, 0.1) is 0 Å². The molecule has 1 amide bonds. The summed E-state index contributed by atoms with van der Waals surface area (Å²) in [5, 5.41) is 21.8. The fourth-order valence-electron chi connectivity index (χ4n) is 2.22. The number of aliphatic hydroxyl groups excluding tert-OH is 1. The number of nitrogens with one attached hydrogen (secondary N) is 1. The summed E-state index contributed by atoms with van der Waals surface area (Å²) >= 11 is 0. The van der Waals surface area contributed by atoms with Gasteiger partial charge < -0.3 is 20.3 Å². The SMILES string of the molecule is CC(C)Cc1ccc([C@H](O)[C@@H](NC(=O)OC(C)(C)C)C(=O)O)cc1. The molecule has 0 spiro atoms. The Kier molecular flexibility index (Phi) is 6.78. The summed E-state index contributed by atoms with van der Waals surface area (Å²) in [6.45, 7) is 9.23. The number of hydrogen-bond donors (Lipinski definition) is 3. The zero-order valence-corrected chi connectivity index (χ0v) is 14.9. The standard InChI is InChI=1S/C18H27NO5/c1-11(2)10-12-6-8-13(9-7-12)15(20)14(16(21)22)19-17(23)24-18(3,4)5/h6-9,11,14-15,20H,10H2,1-5H3,(H,19,23)(H,21,22)/t14-,15+/m1/s1. The molecule has 24 heavy (non-hydrogen) atoms. The molecule has 2 atom stereocenters. The summed E-state index contributed by atoms with van der Waals surface area (Å²) in [6.07, 6.45) is -1.36. The second kappa shape index (κ2) is 8.15. The van der Waals surface area contributed by atoms with Crippen LogP contribution >= 0.6 is 0 Å². The second-order valence-electron chi connectivity index (χ2n) is 7.25. The number of amides is 1. The summed E-state index contributed by atoms with van der Waals surface area (Å²) < 4.78 is 5.04. The minimum Gasteiger partial charge on any atom is -0.480 e. The first-order chi connectivity index (χ1) is 11.0. The topological polar surface area (TPSA) is 95.9 Å². The summed E-state index contributed by atoms with van der Waals surface area (Å²) in [5.41, 5.74) is 0.773. The number of hydrogen-bond acceptors (Lipinski definition) is 4. The molecule has 0 aromatic heterocycles. The normalized spacial score (nSPS) is 14.1. The maximum atomic E-state index is 11.8. The first-order valence-corrected chi connectivity index (χ1v) is 7.99. The zero-order valence-electron chi connectivity index (χ0n) is 14.9. The second-order valence-corrected chi connectivity index (χ2v) is 7.25. The number of ether oxygens (including phenoxy) is 1. The van der Waals surface area contributed by atoms with Gasteiger partial charge in [0.1, 0.15) is 11.7 Å². The van der Waals surface area contributed by atoms with Gasteiger partial charge in [-0.1, -0.05) is 38.1 Å². The Morgan fingerprint density at radius 2 is 1.71 bits per heavy atom. The summed E-state index contributed by atoms with van der Waals surface area (Å²) in [6, 6.07) is 5.57. The summed E-state index contributed by atoms with van der Waals surface area (Å²) in [7, 11) is 0. The van der Waals surface area contributed by atoms with Crippen LogP contribution < -0.4 is 5.32 Å². The number of benzene rings is 1. The Hall–Kier alpha value is -2.08. The van der Waals surface area contributed by atoms with Gasteiger partial charge in [0, 0.05) is 0 Å². The molecule has 134 valence electrons. The van der Waals surface area contributed by atoms with Gasteiger partial charge in [-0.25, -0.2) is 9.59 Å². The van der Waals surface area contributed by atoms with Crippen molar-refractivity contribution in [1.82, 2.24) is 5.32 Å². The number of alkyl carbamates (subject to hydrolysis) is 1. The number of rotatable bonds is 6. The van der Waals surface area contributed by atoms with Crippen molar-refractivity contribution in [1.29, 1.82) is 0 Å². The smallest absolute Gasteiger partial charge is 0.408 e. The average Bonchev–Trinajstić information content (AvgIpc) is 2.42. The van der Waals surface area contributed by atoms with Gasteiger partial charge in [0.2, 0.25) is 0 Å². The molecule has 0 aliphatic heterocycles. The molecule has 1 aromatic rings. The number of aliphatic hydroxyl groups is 1. The van der Waals surface area contributed by atoms with E-state index in [0.717, 1.165) is 12.0 Å². The highest BCUT2D eigenvalue weighted by Gasteiger charge is 2.31. The van der Waals surface area contributed by atoms with E-state index in [-0.39, 0.29) is 0 Å². The molecule has 0 bridgehead atoms. The molecular formula is C18H27NO5. The number of carboxylic acid groups (broad SMARTS) is 1. The average molecular weight is 337 g/mol. The van der Waals surface area contributed by atoms with Crippen LogP contribution in [-0.2, 0) is 16.0 Å². The molecule has 1 aromatic carbocycles. The van der Waals surface area contributed by atoms with Crippen molar-refractivity contribution in [2.24, 2.45) is 5.92 Å². The van der Waals surface area contributed by atoms with Crippen molar-refractivity contribution in [3.8, 4) is 0 Å². The predicted octanol–water partition coefficient (Wildman–Crippen LogP) is 2.90. The van der Waals surface area contributed by atoms with Crippen LogP contribution in [0.15, 0.2) is 24.3 Å². The first-order valence-electron chi connectivity index (χ1n) is 7.99. The van der Waals surface area contributed by atoms with Crippen molar-refractivity contribution in [3.05, 3.63) is 35.4 Å². The molecule has 1 rings (SSSR count). The van der Waals surface area contributed by atoms with Crippen LogP contribution in [0.4, 0.5) is 4.79 Å². The van der Waals surface area contributed by atoms with Crippen LogP contribution in [0.25, 0.3) is 0 Å². The van der Waals surface area contributed by atoms with Crippen molar-refractivity contribution in [3.63, 3.8) is 0 Å². The van der Waals surface area contributed by atoms with Gasteiger partial charge in [-0.2, -0.15) is 0 Å². The molecule has 0 saturated carbocycles. The fraction of sp³-hybridized carbons (Fsp3) is 0.556. The monoisotopic (exact) mass is 337 g/mol. The van der Waals surface area contributed by atoms with Gasteiger partial charge >= 0.3 is 12.1 Å². The molecule has 6 nitrogen and oxygen atoms in total. The number of carboxylic acids is 1. The predicted molar refractivity (Wildman–Crippen MR) is 90.7 cm³/mol. The van der Waals surface area contributed by atoms with Crippen molar-refractivity contribution >= 4 is 12.1 Å². The summed E-state index contributed by atoms with van der Waals surface area (Å²) in [5.74, 6) is -0.832. The van der Waals surface area contributed by atoms with Crippen LogP contribution in [0.1, 0.15) is 51.8 Å². The fourth-order valence-corrected chi connectivity index (χ4v) is 2.22. The van der Waals surface area contributed by atoms with Crippen LogP contribution in [0, 0.1) is 5.92 Å². The highest BCUT2D eigenvalue weighted by Crippen LogP contribution is 2.20. The van der Waals surface area contributed by atoms with Crippen LogP contribution in [-0.4, -0.2) is 33.9 Å². The Morgan fingerprint density at radius 1 is 1.17 bits per heavy atom. The molecule has 0 unspecified atom stereocenters. The van der Waals surface area contributed by atoms with E-state index in [1.165, 1.54) is 0 Å². The lowest BCUT2D eigenvalue weighted by molar-refractivity contribution is -0.142. The molecule has 0 fully saturated rings. The van der Waals surface area contributed by atoms with Gasteiger partial charge in [-0.3, -0.25) is 0 Å². The lowest BCUT2D eigenvalue weighted by Crippen LogP contribution is -2.46. The van der Waals surface area contributed by atoms with Crippen LogP contribution in [0.3, 0.4) is 0 Å². The quantitative estimate of drug-likeness (QED) is 0.742. The van der Waals surface area contributed by atoms with E-state index in [0.29, 0.717) is 11.5 Å². The number of carbonyl (C=O) groups excluding carboxylic acids is 1. The minimum atomic E-state index is -1.49. The molecule has 0 heterocycles.